The normalized spacial score (nSPS) is 10.2. The van der Waals surface area contributed by atoms with Crippen molar-refractivity contribution >= 4 is 6.29 Å². The first kappa shape index (κ1) is 15.1. The summed E-state index contributed by atoms with van der Waals surface area (Å²) in [6.07, 6.45) is 0.862. The SMILES string of the molecule is CCOc1ccc(-c2cc(C=O)ccc2C)cc1OCC. The number of carbonyl (C=O) groups is 1. The highest BCUT2D eigenvalue weighted by atomic mass is 16.5. The first-order valence-corrected chi connectivity index (χ1v) is 7.15. The van der Waals surface area contributed by atoms with Gasteiger partial charge in [0, 0.05) is 5.56 Å². The quantitative estimate of drug-likeness (QED) is 0.743. The van der Waals surface area contributed by atoms with E-state index in [0.29, 0.717) is 18.8 Å². The summed E-state index contributed by atoms with van der Waals surface area (Å²) < 4.78 is 11.2. The minimum absolute atomic E-state index is 0.580. The Labute approximate surface area is 125 Å². The van der Waals surface area contributed by atoms with Gasteiger partial charge in [-0.15, -0.1) is 0 Å². The average Bonchev–Trinajstić information content (AvgIpc) is 2.50. The van der Waals surface area contributed by atoms with Gasteiger partial charge in [-0.1, -0.05) is 18.2 Å². The Morgan fingerprint density at radius 3 is 2.33 bits per heavy atom. The molecule has 0 heterocycles. The summed E-state index contributed by atoms with van der Waals surface area (Å²) >= 11 is 0. The number of hydrogen-bond donors (Lipinski definition) is 0. The number of benzene rings is 2. The zero-order chi connectivity index (χ0) is 15.2. The van der Waals surface area contributed by atoms with Crippen LogP contribution in [0.3, 0.4) is 0 Å². The van der Waals surface area contributed by atoms with E-state index < -0.39 is 0 Å². The lowest BCUT2D eigenvalue weighted by Crippen LogP contribution is -1.98. The third-order valence-electron chi connectivity index (χ3n) is 3.25. The Balaban J connectivity index is 2.49. The number of aryl methyl sites for hydroxylation is 1. The van der Waals surface area contributed by atoms with E-state index in [1.54, 1.807) is 0 Å². The average molecular weight is 284 g/mol. The molecule has 3 nitrogen and oxygen atoms in total. The molecule has 2 rings (SSSR count). The molecule has 0 N–H and O–H groups in total. The molecule has 0 atom stereocenters. The lowest BCUT2D eigenvalue weighted by molar-refractivity contribution is 0.112. The summed E-state index contributed by atoms with van der Waals surface area (Å²) in [4.78, 5) is 11.0. The lowest BCUT2D eigenvalue weighted by Gasteiger charge is -2.14. The molecule has 2 aromatic rings. The molecule has 0 unspecified atom stereocenters. The number of carbonyl (C=O) groups excluding carboxylic acids is 1. The zero-order valence-corrected chi connectivity index (χ0v) is 12.7. The molecule has 21 heavy (non-hydrogen) atoms. The summed E-state index contributed by atoms with van der Waals surface area (Å²) in [6, 6.07) is 11.5. The van der Waals surface area contributed by atoms with Crippen LogP contribution < -0.4 is 9.47 Å². The van der Waals surface area contributed by atoms with Crippen LogP contribution in [-0.2, 0) is 0 Å². The van der Waals surface area contributed by atoms with Crippen LogP contribution in [0, 0.1) is 6.92 Å². The summed E-state index contributed by atoms with van der Waals surface area (Å²) in [6.45, 7) is 7.10. The second-order valence-corrected chi connectivity index (χ2v) is 4.72. The van der Waals surface area contributed by atoms with Crippen LogP contribution >= 0.6 is 0 Å². The molecule has 0 aliphatic heterocycles. The van der Waals surface area contributed by atoms with Crippen LogP contribution in [0.2, 0.25) is 0 Å². The molecule has 0 amide bonds. The highest BCUT2D eigenvalue weighted by Gasteiger charge is 2.09. The van der Waals surface area contributed by atoms with Crippen molar-refractivity contribution in [2.24, 2.45) is 0 Å². The van der Waals surface area contributed by atoms with Gasteiger partial charge in [0.15, 0.2) is 11.5 Å². The van der Waals surface area contributed by atoms with Crippen molar-refractivity contribution in [1.82, 2.24) is 0 Å². The van der Waals surface area contributed by atoms with E-state index in [1.807, 2.05) is 57.2 Å². The topological polar surface area (TPSA) is 35.5 Å². The second-order valence-electron chi connectivity index (χ2n) is 4.72. The van der Waals surface area contributed by atoms with Crippen molar-refractivity contribution in [3.8, 4) is 22.6 Å². The molecule has 0 aliphatic rings. The van der Waals surface area contributed by atoms with Gasteiger partial charge in [0.05, 0.1) is 13.2 Å². The van der Waals surface area contributed by atoms with Gasteiger partial charge in [-0.3, -0.25) is 4.79 Å². The highest BCUT2D eigenvalue weighted by Crippen LogP contribution is 2.34. The standard InChI is InChI=1S/C18H20O3/c1-4-20-17-9-8-15(11-18(17)21-5-2)16-10-14(12-19)7-6-13(16)3/h6-12H,4-5H2,1-3H3. The Morgan fingerprint density at radius 1 is 0.952 bits per heavy atom. The van der Waals surface area contributed by atoms with E-state index in [1.165, 1.54) is 0 Å². The van der Waals surface area contributed by atoms with E-state index in [0.717, 1.165) is 34.5 Å². The lowest BCUT2D eigenvalue weighted by atomic mass is 9.98. The van der Waals surface area contributed by atoms with Crippen LogP contribution in [0.1, 0.15) is 29.8 Å². The molecular formula is C18H20O3. The Kier molecular flexibility index (Phi) is 4.99. The van der Waals surface area contributed by atoms with Crippen molar-refractivity contribution in [3.05, 3.63) is 47.5 Å². The Bertz CT molecular complexity index is 632. The number of rotatable bonds is 6. The van der Waals surface area contributed by atoms with Gasteiger partial charge in [0.25, 0.3) is 0 Å². The third kappa shape index (κ3) is 3.43. The van der Waals surface area contributed by atoms with E-state index >= 15 is 0 Å². The van der Waals surface area contributed by atoms with E-state index in [-0.39, 0.29) is 0 Å². The van der Waals surface area contributed by atoms with Crippen molar-refractivity contribution < 1.29 is 14.3 Å². The fourth-order valence-corrected chi connectivity index (χ4v) is 2.24. The van der Waals surface area contributed by atoms with Crippen LogP contribution in [-0.4, -0.2) is 19.5 Å². The number of ether oxygens (including phenoxy) is 2. The van der Waals surface area contributed by atoms with Crippen LogP contribution in [0.25, 0.3) is 11.1 Å². The molecule has 0 bridgehead atoms. The molecule has 110 valence electrons. The molecule has 0 aromatic heterocycles. The minimum Gasteiger partial charge on any atom is -0.490 e. The minimum atomic E-state index is 0.580. The molecule has 2 aromatic carbocycles. The van der Waals surface area contributed by atoms with Crippen LogP contribution in [0.15, 0.2) is 36.4 Å². The third-order valence-corrected chi connectivity index (χ3v) is 3.25. The molecule has 3 heteroatoms. The van der Waals surface area contributed by atoms with Gasteiger partial charge >= 0.3 is 0 Å². The van der Waals surface area contributed by atoms with Crippen LogP contribution in [0.4, 0.5) is 0 Å². The van der Waals surface area contributed by atoms with Gasteiger partial charge in [-0.25, -0.2) is 0 Å². The maximum atomic E-state index is 11.0. The van der Waals surface area contributed by atoms with Crippen LogP contribution in [0.5, 0.6) is 11.5 Å². The molecule has 0 aliphatic carbocycles. The predicted molar refractivity (Wildman–Crippen MR) is 84.3 cm³/mol. The van der Waals surface area contributed by atoms with Crippen molar-refractivity contribution in [2.75, 3.05) is 13.2 Å². The second kappa shape index (κ2) is 6.93. The molecule has 0 spiro atoms. The van der Waals surface area contributed by atoms with Gasteiger partial charge in [0.2, 0.25) is 0 Å². The van der Waals surface area contributed by atoms with Crippen molar-refractivity contribution in [3.63, 3.8) is 0 Å². The van der Waals surface area contributed by atoms with Crippen molar-refractivity contribution in [2.45, 2.75) is 20.8 Å². The maximum Gasteiger partial charge on any atom is 0.161 e. The highest BCUT2D eigenvalue weighted by molar-refractivity contribution is 5.80. The summed E-state index contributed by atoms with van der Waals surface area (Å²) in [5, 5.41) is 0. The molecule has 0 fully saturated rings. The van der Waals surface area contributed by atoms with E-state index in [9.17, 15) is 4.79 Å². The number of aldehydes is 1. The fraction of sp³-hybridized carbons (Fsp3) is 0.278. The summed E-state index contributed by atoms with van der Waals surface area (Å²) in [5.41, 5.74) is 3.83. The molecule has 0 radical (unpaired) electrons. The fourth-order valence-electron chi connectivity index (χ4n) is 2.24. The Morgan fingerprint density at radius 2 is 1.67 bits per heavy atom. The van der Waals surface area contributed by atoms with Gasteiger partial charge in [0.1, 0.15) is 6.29 Å². The largest absolute Gasteiger partial charge is 0.490 e. The van der Waals surface area contributed by atoms with E-state index in [2.05, 4.69) is 0 Å². The monoisotopic (exact) mass is 284 g/mol. The first-order valence-electron chi connectivity index (χ1n) is 7.15. The van der Waals surface area contributed by atoms with Gasteiger partial charge in [-0.2, -0.15) is 0 Å². The smallest absolute Gasteiger partial charge is 0.161 e. The van der Waals surface area contributed by atoms with E-state index in [4.69, 9.17) is 9.47 Å². The molecule has 0 saturated carbocycles. The maximum absolute atomic E-state index is 11.0. The number of hydrogen-bond acceptors (Lipinski definition) is 3. The van der Waals surface area contributed by atoms with Crippen molar-refractivity contribution in [1.29, 1.82) is 0 Å². The first-order chi connectivity index (χ1) is 10.2. The summed E-state index contributed by atoms with van der Waals surface area (Å²) in [7, 11) is 0. The zero-order valence-electron chi connectivity index (χ0n) is 12.7. The summed E-state index contributed by atoms with van der Waals surface area (Å²) in [5.74, 6) is 1.47. The van der Waals surface area contributed by atoms with Gasteiger partial charge in [-0.05, 0) is 55.7 Å². The van der Waals surface area contributed by atoms with Gasteiger partial charge < -0.3 is 9.47 Å². The predicted octanol–water partition coefficient (Wildman–Crippen LogP) is 4.27. The molecule has 0 saturated heterocycles. The Hall–Kier alpha value is -2.29. The molecular weight excluding hydrogens is 264 g/mol.